The van der Waals surface area contributed by atoms with Crippen molar-refractivity contribution in [3.8, 4) is 11.5 Å². The minimum Gasteiger partial charge on any atom is -0.497 e. The van der Waals surface area contributed by atoms with Gasteiger partial charge in [-0.15, -0.1) is 0 Å². The number of nitrogens with zero attached hydrogens (tertiary/aromatic N) is 2. The fraction of sp³-hybridized carbons (Fsp3) is 0.355. The highest BCUT2D eigenvalue weighted by Gasteiger charge is 2.34. The van der Waals surface area contributed by atoms with Crippen molar-refractivity contribution in [3.05, 3.63) is 82.9 Å². The first-order chi connectivity index (χ1) is 19.9. The molecule has 0 radical (unpaired) electrons. The van der Waals surface area contributed by atoms with Crippen molar-refractivity contribution in [3.63, 3.8) is 0 Å². The summed E-state index contributed by atoms with van der Waals surface area (Å²) < 4.78 is 39.6. The maximum atomic E-state index is 14.2. The summed E-state index contributed by atoms with van der Waals surface area (Å²) in [5.74, 6) is 0.0573. The molecule has 3 aromatic rings. The average molecular weight is 616 g/mol. The average Bonchev–Trinajstić information content (AvgIpc) is 2.95. The molecule has 11 heteroatoms. The fourth-order valence-corrected chi connectivity index (χ4v) is 6.10. The lowest BCUT2D eigenvalue weighted by molar-refractivity contribution is -0.140. The monoisotopic (exact) mass is 615 g/mol. The SMILES string of the molecule is CC[C@H](C(=O)NC(C)C)N(Cc1cccc(OC)c1)C(=O)CN(c1ccc(OC)c(Cl)c1)S(=O)(=O)c1ccc(C)cc1. The van der Waals surface area contributed by atoms with Crippen molar-refractivity contribution in [1.82, 2.24) is 10.2 Å². The Morgan fingerprint density at radius 3 is 2.24 bits per heavy atom. The zero-order chi connectivity index (χ0) is 31.0. The number of hydrogen-bond donors (Lipinski definition) is 1. The molecule has 0 fully saturated rings. The number of carbonyl (C=O) groups is 2. The molecule has 0 spiro atoms. The van der Waals surface area contributed by atoms with Gasteiger partial charge >= 0.3 is 0 Å². The molecule has 0 aliphatic heterocycles. The van der Waals surface area contributed by atoms with Crippen LogP contribution in [0.25, 0.3) is 0 Å². The minimum absolute atomic E-state index is 0.0109. The lowest BCUT2D eigenvalue weighted by atomic mass is 10.1. The van der Waals surface area contributed by atoms with E-state index in [-0.39, 0.29) is 34.1 Å². The number of methoxy groups -OCH3 is 2. The van der Waals surface area contributed by atoms with E-state index in [0.717, 1.165) is 15.4 Å². The van der Waals surface area contributed by atoms with Gasteiger partial charge in [0.15, 0.2) is 0 Å². The molecule has 0 heterocycles. The quantitative estimate of drug-likeness (QED) is 0.284. The largest absolute Gasteiger partial charge is 0.497 e. The minimum atomic E-state index is -4.23. The summed E-state index contributed by atoms with van der Waals surface area (Å²) in [6.45, 7) is 6.81. The second-order valence-electron chi connectivity index (χ2n) is 10.1. The lowest BCUT2D eigenvalue weighted by Gasteiger charge is -2.33. The maximum Gasteiger partial charge on any atom is 0.264 e. The van der Waals surface area contributed by atoms with Crippen LogP contribution in [0, 0.1) is 6.92 Å². The number of rotatable bonds is 13. The van der Waals surface area contributed by atoms with Crippen LogP contribution in [0.5, 0.6) is 11.5 Å². The molecule has 2 amide bonds. The van der Waals surface area contributed by atoms with Gasteiger partial charge in [-0.3, -0.25) is 13.9 Å². The Morgan fingerprint density at radius 1 is 0.976 bits per heavy atom. The molecule has 0 bridgehead atoms. The molecule has 3 rings (SSSR count). The van der Waals surface area contributed by atoms with E-state index in [1.807, 2.05) is 26.8 Å². The van der Waals surface area contributed by atoms with Gasteiger partial charge in [0.25, 0.3) is 10.0 Å². The number of hydrogen-bond acceptors (Lipinski definition) is 6. The highest BCUT2D eigenvalue weighted by molar-refractivity contribution is 7.92. The van der Waals surface area contributed by atoms with Crippen molar-refractivity contribution in [1.29, 1.82) is 0 Å². The molecule has 1 N–H and O–H groups in total. The molecule has 0 aromatic heterocycles. The van der Waals surface area contributed by atoms with Crippen LogP contribution in [0.4, 0.5) is 5.69 Å². The maximum absolute atomic E-state index is 14.2. The van der Waals surface area contributed by atoms with E-state index in [0.29, 0.717) is 17.9 Å². The van der Waals surface area contributed by atoms with Crippen molar-refractivity contribution >= 4 is 39.1 Å². The molecule has 0 aliphatic carbocycles. The van der Waals surface area contributed by atoms with Gasteiger partial charge in [-0.25, -0.2) is 8.42 Å². The van der Waals surface area contributed by atoms with Crippen molar-refractivity contribution < 1.29 is 27.5 Å². The molecule has 0 unspecified atom stereocenters. The van der Waals surface area contributed by atoms with Gasteiger partial charge < -0.3 is 19.7 Å². The van der Waals surface area contributed by atoms with Gasteiger partial charge in [-0.1, -0.05) is 48.4 Å². The van der Waals surface area contributed by atoms with E-state index in [1.54, 1.807) is 50.4 Å². The molecule has 226 valence electrons. The normalized spacial score (nSPS) is 12.0. The van der Waals surface area contributed by atoms with E-state index in [4.69, 9.17) is 21.1 Å². The lowest BCUT2D eigenvalue weighted by Crippen LogP contribution is -2.53. The van der Waals surface area contributed by atoms with Gasteiger partial charge in [-0.2, -0.15) is 0 Å². The summed E-state index contributed by atoms with van der Waals surface area (Å²) in [5.41, 5.74) is 1.78. The number of amides is 2. The second-order valence-corrected chi connectivity index (χ2v) is 12.4. The van der Waals surface area contributed by atoms with Crippen LogP contribution in [0.15, 0.2) is 71.6 Å². The van der Waals surface area contributed by atoms with Crippen molar-refractivity contribution in [2.45, 2.75) is 57.6 Å². The fourth-order valence-electron chi connectivity index (χ4n) is 4.44. The van der Waals surface area contributed by atoms with Crippen LogP contribution < -0.4 is 19.1 Å². The van der Waals surface area contributed by atoms with Gasteiger partial charge in [0.2, 0.25) is 11.8 Å². The first-order valence-corrected chi connectivity index (χ1v) is 15.4. The van der Waals surface area contributed by atoms with E-state index in [9.17, 15) is 18.0 Å². The number of nitrogens with one attached hydrogen (secondary N) is 1. The molecular weight excluding hydrogens is 578 g/mol. The number of ether oxygens (including phenoxy) is 2. The van der Waals surface area contributed by atoms with Crippen molar-refractivity contribution in [2.24, 2.45) is 0 Å². The summed E-state index contributed by atoms with van der Waals surface area (Å²) in [7, 11) is -1.23. The third kappa shape index (κ3) is 7.95. The van der Waals surface area contributed by atoms with Gasteiger partial charge in [0.1, 0.15) is 24.1 Å². The van der Waals surface area contributed by atoms with Crippen LogP contribution in [0.3, 0.4) is 0 Å². The molecule has 0 saturated carbocycles. The van der Waals surface area contributed by atoms with E-state index in [1.165, 1.54) is 36.3 Å². The first kappa shape index (κ1) is 32.8. The zero-order valence-corrected chi connectivity index (χ0v) is 26.3. The summed E-state index contributed by atoms with van der Waals surface area (Å²) in [6.07, 6.45) is 0.313. The Hall–Kier alpha value is -3.76. The van der Waals surface area contributed by atoms with Crippen LogP contribution in [0.2, 0.25) is 5.02 Å². The number of halogens is 1. The first-order valence-electron chi connectivity index (χ1n) is 13.6. The number of sulfonamides is 1. The van der Waals surface area contributed by atoms with Crippen LogP contribution >= 0.6 is 11.6 Å². The van der Waals surface area contributed by atoms with Gasteiger partial charge in [-0.05, 0) is 75.2 Å². The summed E-state index contributed by atoms with van der Waals surface area (Å²) in [5, 5.41) is 3.07. The molecule has 42 heavy (non-hydrogen) atoms. The third-order valence-electron chi connectivity index (χ3n) is 6.62. The number of aryl methyl sites for hydroxylation is 1. The van der Waals surface area contributed by atoms with E-state index < -0.39 is 28.5 Å². The third-order valence-corrected chi connectivity index (χ3v) is 8.70. The molecule has 0 saturated heterocycles. The second kappa shape index (κ2) is 14.4. The molecule has 3 aromatic carbocycles. The highest BCUT2D eigenvalue weighted by Crippen LogP contribution is 2.32. The number of anilines is 1. The van der Waals surface area contributed by atoms with Gasteiger partial charge in [0.05, 0.1) is 29.8 Å². The Morgan fingerprint density at radius 2 is 1.67 bits per heavy atom. The Kier molecular flexibility index (Phi) is 11.2. The number of benzene rings is 3. The zero-order valence-electron chi connectivity index (χ0n) is 24.8. The summed E-state index contributed by atoms with van der Waals surface area (Å²) in [4.78, 5) is 28.9. The van der Waals surface area contributed by atoms with Gasteiger partial charge in [0, 0.05) is 12.6 Å². The molecule has 1 atom stereocenters. The standard InChI is InChI=1S/C31H38ClN3O6S/c1-7-28(31(37)33-21(2)3)34(19-23-9-8-10-25(17-23)40-5)30(36)20-35(24-13-16-29(41-6)27(32)18-24)42(38,39)26-14-11-22(4)12-15-26/h8-18,21,28H,7,19-20H2,1-6H3,(H,33,37)/t28-/m1/s1. The number of carbonyl (C=O) groups excluding carboxylic acids is 2. The Bertz CT molecular complexity index is 1490. The summed E-state index contributed by atoms with van der Waals surface area (Å²) >= 11 is 6.38. The topological polar surface area (TPSA) is 105 Å². The van der Waals surface area contributed by atoms with Crippen LogP contribution in [-0.2, 0) is 26.2 Å². The highest BCUT2D eigenvalue weighted by atomic mass is 35.5. The Balaban J connectivity index is 2.11. The van der Waals surface area contributed by atoms with Crippen molar-refractivity contribution in [2.75, 3.05) is 25.1 Å². The molecule has 0 aliphatic rings. The Labute approximate surface area is 253 Å². The van der Waals surface area contributed by atoms with E-state index >= 15 is 0 Å². The molecule has 9 nitrogen and oxygen atoms in total. The predicted octanol–water partition coefficient (Wildman–Crippen LogP) is 5.19. The van der Waals surface area contributed by atoms with Crippen LogP contribution in [0.1, 0.15) is 38.3 Å². The molecular formula is C31H38ClN3O6S. The summed E-state index contributed by atoms with van der Waals surface area (Å²) in [6, 6.07) is 17.0. The predicted molar refractivity (Wildman–Crippen MR) is 165 cm³/mol. The smallest absolute Gasteiger partial charge is 0.264 e. The van der Waals surface area contributed by atoms with E-state index in [2.05, 4.69) is 5.32 Å². The van der Waals surface area contributed by atoms with Crippen LogP contribution in [-0.4, -0.2) is 58.0 Å².